The van der Waals surface area contributed by atoms with Gasteiger partial charge < -0.3 is 14.8 Å². The van der Waals surface area contributed by atoms with Gasteiger partial charge in [-0.25, -0.2) is 9.29 Å². The maximum atomic E-state index is 14.2. The van der Waals surface area contributed by atoms with Crippen LogP contribution in [0.1, 0.15) is 11.1 Å². The average Bonchev–Trinajstić information content (AvgIpc) is 3.06. The first kappa shape index (κ1) is 20.6. The molecule has 156 valence electrons. The number of methoxy groups -OCH3 is 1. The number of benzene rings is 3. The Morgan fingerprint density at radius 1 is 1.03 bits per heavy atom. The number of carbonyl (C=O) groups is 1. The maximum absolute atomic E-state index is 14.2. The van der Waals surface area contributed by atoms with Crippen LogP contribution in [-0.2, 0) is 11.4 Å². The fraction of sp³-hybridized carbons (Fsp3) is 0.0833. The fourth-order valence-corrected chi connectivity index (χ4v) is 3.48. The molecule has 5 nitrogen and oxygen atoms in total. The Labute approximate surface area is 184 Å². The van der Waals surface area contributed by atoms with Crippen LogP contribution in [0.5, 0.6) is 11.5 Å². The summed E-state index contributed by atoms with van der Waals surface area (Å²) in [6.45, 7) is 0.375. The van der Waals surface area contributed by atoms with Crippen LogP contribution in [-0.4, -0.2) is 18.1 Å². The molecule has 1 amide bonds. The third-order valence-electron chi connectivity index (χ3n) is 4.71. The van der Waals surface area contributed by atoms with Crippen molar-refractivity contribution in [1.82, 2.24) is 5.32 Å². The number of hydrogen-bond acceptors (Lipinski definition) is 4. The van der Waals surface area contributed by atoms with E-state index in [9.17, 15) is 9.18 Å². The van der Waals surface area contributed by atoms with Crippen LogP contribution in [0, 0.1) is 5.82 Å². The van der Waals surface area contributed by atoms with E-state index in [0.29, 0.717) is 23.7 Å². The van der Waals surface area contributed by atoms with Gasteiger partial charge in [0.2, 0.25) is 0 Å². The average molecular weight is 434 g/mol. The molecule has 0 aliphatic carbocycles. The molecule has 0 bridgehead atoms. The summed E-state index contributed by atoms with van der Waals surface area (Å²) in [6.07, 6.45) is 1.64. The van der Waals surface area contributed by atoms with Crippen molar-refractivity contribution < 1.29 is 18.7 Å². The normalized spacial score (nSPS) is 14.6. The zero-order valence-corrected chi connectivity index (χ0v) is 17.5. The van der Waals surface area contributed by atoms with Gasteiger partial charge in [-0.05, 0) is 53.7 Å². The molecule has 7 heteroatoms. The molecule has 0 saturated carbocycles. The second-order valence-electron chi connectivity index (χ2n) is 6.76. The SMILES string of the molecule is COc1ccc(/C=C2\NC(=S)N(c3ccccc3F)C2=O)cc1OCc1ccccc1. The molecule has 0 radical (unpaired) electrons. The molecule has 1 aliphatic heterocycles. The number of carbonyl (C=O) groups excluding carboxylic acids is 1. The van der Waals surface area contributed by atoms with Gasteiger partial charge in [-0.3, -0.25) is 4.79 Å². The van der Waals surface area contributed by atoms with Gasteiger partial charge in [-0.2, -0.15) is 0 Å². The number of ether oxygens (including phenoxy) is 2. The number of anilines is 1. The molecule has 0 atom stereocenters. The highest BCUT2D eigenvalue weighted by Gasteiger charge is 2.33. The van der Waals surface area contributed by atoms with Crippen LogP contribution in [0.25, 0.3) is 6.08 Å². The Balaban J connectivity index is 1.59. The van der Waals surface area contributed by atoms with E-state index in [-0.39, 0.29) is 16.5 Å². The van der Waals surface area contributed by atoms with Crippen LogP contribution in [0.15, 0.2) is 78.5 Å². The Hall–Kier alpha value is -3.71. The Kier molecular flexibility index (Phi) is 5.95. The van der Waals surface area contributed by atoms with E-state index in [1.54, 1.807) is 43.5 Å². The number of rotatable bonds is 6. The number of para-hydroxylation sites is 1. The van der Waals surface area contributed by atoms with E-state index in [1.165, 1.54) is 12.1 Å². The predicted molar refractivity (Wildman–Crippen MR) is 121 cm³/mol. The van der Waals surface area contributed by atoms with Crippen LogP contribution < -0.4 is 19.7 Å². The van der Waals surface area contributed by atoms with E-state index < -0.39 is 11.7 Å². The Bertz CT molecular complexity index is 1160. The molecular weight excluding hydrogens is 415 g/mol. The molecule has 0 spiro atoms. The fourth-order valence-electron chi connectivity index (χ4n) is 3.18. The third-order valence-corrected chi connectivity index (χ3v) is 4.99. The van der Waals surface area contributed by atoms with Crippen molar-refractivity contribution >= 4 is 35.0 Å². The monoisotopic (exact) mass is 434 g/mol. The summed E-state index contributed by atoms with van der Waals surface area (Å²) in [7, 11) is 1.57. The van der Waals surface area contributed by atoms with Crippen LogP contribution in [0.2, 0.25) is 0 Å². The molecule has 3 aromatic carbocycles. The minimum atomic E-state index is -0.526. The van der Waals surface area contributed by atoms with Gasteiger partial charge in [-0.15, -0.1) is 0 Å². The van der Waals surface area contributed by atoms with Crippen LogP contribution >= 0.6 is 12.2 Å². The Morgan fingerprint density at radius 3 is 2.52 bits per heavy atom. The molecule has 1 aliphatic rings. The summed E-state index contributed by atoms with van der Waals surface area (Å²) in [4.78, 5) is 14.0. The van der Waals surface area contributed by atoms with Crippen LogP contribution in [0.3, 0.4) is 0 Å². The quantitative estimate of drug-likeness (QED) is 0.451. The topological polar surface area (TPSA) is 50.8 Å². The molecule has 1 saturated heterocycles. The molecule has 1 fully saturated rings. The van der Waals surface area contributed by atoms with Gasteiger partial charge in [0.1, 0.15) is 18.1 Å². The van der Waals surface area contributed by atoms with E-state index in [4.69, 9.17) is 21.7 Å². The number of nitrogens with one attached hydrogen (secondary N) is 1. The summed E-state index contributed by atoms with van der Waals surface area (Å²) < 4.78 is 25.5. The lowest BCUT2D eigenvalue weighted by atomic mass is 10.1. The van der Waals surface area contributed by atoms with Crippen molar-refractivity contribution in [1.29, 1.82) is 0 Å². The number of thiocarbonyl (C=S) groups is 1. The zero-order valence-electron chi connectivity index (χ0n) is 16.7. The van der Waals surface area contributed by atoms with Crippen molar-refractivity contribution in [2.24, 2.45) is 0 Å². The number of amides is 1. The third kappa shape index (κ3) is 4.41. The molecule has 0 unspecified atom stereocenters. The van der Waals surface area contributed by atoms with Gasteiger partial charge in [0.25, 0.3) is 5.91 Å². The molecule has 1 heterocycles. The minimum absolute atomic E-state index is 0.106. The molecule has 4 rings (SSSR count). The standard InChI is InChI=1S/C24H19FN2O3S/c1-29-21-12-11-17(14-22(21)30-15-16-7-3-2-4-8-16)13-19-23(28)27(24(31)26-19)20-10-6-5-9-18(20)25/h2-14H,15H2,1H3,(H,26,31)/b19-13-. The highest BCUT2D eigenvalue weighted by molar-refractivity contribution is 7.80. The molecule has 0 aromatic heterocycles. The van der Waals surface area contributed by atoms with Gasteiger partial charge in [-0.1, -0.05) is 48.5 Å². The first-order valence-corrected chi connectivity index (χ1v) is 9.94. The minimum Gasteiger partial charge on any atom is -0.493 e. The lowest BCUT2D eigenvalue weighted by Crippen LogP contribution is -2.31. The van der Waals surface area contributed by atoms with Crippen LogP contribution in [0.4, 0.5) is 10.1 Å². The smallest absolute Gasteiger partial charge is 0.281 e. The van der Waals surface area contributed by atoms with E-state index in [2.05, 4.69) is 5.32 Å². The molecular formula is C24H19FN2O3S. The van der Waals surface area contributed by atoms with Gasteiger partial charge in [0.05, 0.1) is 12.8 Å². The van der Waals surface area contributed by atoms with Crippen molar-refractivity contribution in [2.45, 2.75) is 6.61 Å². The summed E-state index contributed by atoms with van der Waals surface area (Å²) >= 11 is 5.26. The largest absolute Gasteiger partial charge is 0.493 e. The first-order chi connectivity index (χ1) is 15.1. The first-order valence-electron chi connectivity index (χ1n) is 9.53. The molecule has 3 aromatic rings. The highest BCUT2D eigenvalue weighted by atomic mass is 32.1. The van der Waals surface area contributed by atoms with Gasteiger partial charge in [0, 0.05) is 0 Å². The highest BCUT2D eigenvalue weighted by Crippen LogP contribution is 2.31. The van der Waals surface area contributed by atoms with Crippen molar-refractivity contribution in [2.75, 3.05) is 12.0 Å². The lowest BCUT2D eigenvalue weighted by molar-refractivity contribution is -0.113. The number of hydrogen-bond donors (Lipinski definition) is 1. The molecule has 1 N–H and O–H groups in total. The number of halogens is 1. The second kappa shape index (κ2) is 8.97. The van der Waals surface area contributed by atoms with Crippen molar-refractivity contribution in [3.05, 3.63) is 95.4 Å². The zero-order chi connectivity index (χ0) is 21.8. The van der Waals surface area contributed by atoms with E-state index in [1.807, 2.05) is 30.3 Å². The van der Waals surface area contributed by atoms with E-state index in [0.717, 1.165) is 10.5 Å². The summed E-state index contributed by atoms with van der Waals surface area (Å²) in [6, 6.07) is 21.1. The van der Waals surface area contributed by atoms with Crippen molar-refractivity contribution in [3.63, 3.8) is 0 Å². The summed E-state index contributed by atoms with van der Waals surface area (Å²) in [5, 5.41) is 2.98. The summed E-state index contributed by atoms with van der Waals surface area (Å²) in [5.41, 5.74) is 2.08. The second-order valence-corrected chi connectivity index (χ2v) is 7.15. The Morgan fingerprint density at radius 2 is 1.77 bits per heavy atom. The van der Waals surface area contributed by atoms with Crippen molar-refractivity contribution in [3.8, 4) is 11.5 Å². The number of nitrogens with zero attached hydrogens (tertiary/aromatic N) is 1. The maximum Gasteiger partial charge on any atom is 0.281 e. The lowest BCUT2D eigenvalue weighted by Gasteiger charge is -2.14. The summed E-state index contributed by atoms with van der Waals surface area (Å²) in [5.74, 6) is 0.159. The van der Waals surface area contributed by atoms with Gasteiger partial charge >= 0.3 is 0 Å². The molecule has 31 heavy (non-hydrogen) atoms. The predicted octanol–water partition coefficient (Wildman–Crippen LogP) is 4.68. The van der Waals surface area contributed by atoms with Gasteiger partial charge in [0.15, 0.2) is 16.6 Å². The van der Waals surface area contributed by atoms with E-state index >= 15 is 0 Å².